The first-order chi connectivity index (χ1) is 8.67. The Bertz CT molecular complexity index is 432. The van der Waals surface area contributed by atoms with Gasteiger partial charge in [-0.05, 0) is 19.0 Å². The molecule has 1 aromatic rings. The van der Waals surface area contributed by atoms with Crippen molar-refractivity contribution in [2.45, 2.75) is 36.8 Å². The summed E-state index contributed by atoms with van der Waals surface area (Å²) in [6, 6.07) is 2.10. The number of benzene rings is 1. The number of fused-ring (bicyclic) bond motifs is 1. The zero-order valence-corrected chi connectivity index (χ0v) is 12.1. The third kappa shape index (κ3) is 2.59. The van der Waals surface area contributed by atoms with Crippen molar-refractivity contribution in [2.24, 2.45) is 5.73 Å². The molecule has 1 heterocycles. The molecule has 1 aliphatic rings. The van der Waals surface area contributed by atoms with Crippen molar-refractivity contribution < 1.29 is 9.47 Å². The van der Waals surface area contributed by atoms with Gasteiger partial charge in [0.1, 0.15) is 11.5 Å². The maximum atomic E-state index is 5.80. The van der Waals surface area contributed by atoms with Crippen LogP contribution in [0.2, 0.25) is 0 Å². The molecule has 0 aliphatic carbocycles. The first-order valence-corrected chi connectivity index (χ1v) is 7.27. The lowest BCUT2D eigenvalue weighted by Gasteiger charge is -2.16. The molecule has 0 atom stereocenters. The zero-order chi connectivity index (χ0) is 13.1. The lowest BCUT2D eigenvalue weighted by atomic mass is 10.0. The minimum absolute atomic E-state index is 0.531. The van der Waals surface area contributed by atoms with E-state index in [-0.39, 0.29) is 0 Å². The quantitative estimate of drug-likeness (QED) is 0.833. The maximum Gasteiger partial charge on any atom is 0.136 e. The summed E-state index contributed by atoms with van der Waals surface area (Å²) in [5, 5.41) is 0.531. The molecule has 2 rings (SSSR count). The fourth-order valence-corrected chi connectivity index (χ4v) is 3.30. The van der Waals surface area contributed by atoms with Crippen LogP contribution in [0.1, 0.15) is 25.0 Å². The van der Waals surface area contributed by atoms with Crippen molar-refractivity contribution in [3.8, 4) is 11.5 Å². The number of methoxy groups -OCH3 is 1. The summed E-state index contributed by atoms with van der Waals surface area (Å²) in [6.07, 6.45) is 1.81. The molecule has 1 aliphatic heterocycles. The summed E-state index contributed by atoms with van der Waals surface area (Å²) < 4.78 is 11.3. The van der Waals surface area contributed by atoms with Gasteiger partial charge in [-0.3, -0.25) is 0 Å². The van der Waals surface area contributed by atoms with Gasteiger partial charge in [-0.2, -0.15) is 0 Å². The fraction of sp³-hybridized carbons (Fsp3) is 0.571. The van der Waals surface area contributed by atoms with Gasteiger partial charge in [0, 0.05) is 22.8 Å². The molecule has 3 nitrogen and oxygen atoms in total. The maximum absolute atomic E-state index is 5.80. The molecule has 0 saturated carbocycles. The van der Waals surface area contributed by atoms with E-state index in [1.165, 1.54) is 16.0 Å². The normalized spacial score (nSPS) is 13.6. The van der Waals surface area contributed by atoms with E-state index >= 15 is 0 Å². The standard InChI is InChI=1S/C14H21NO2S/c1-9(2)18-13-8-12(16-3)10(4-6-15)11-5-7-17-14(11)13/h8-9H,4-7,15H2,1-3H3. The smallest absolute Gasteiger partial charge is 0.136 e. The predicted molar refractivity (Wildman–Crippen MR) is 75.9 cm³/mol. The second-order valence-corrected chi connectivity index (χ2v) is 6.29. The molecule has 100 valence electrons. The molecule has 0 spiro atoms. The highest BCUT2D eigenvalue weighted by Crippen LogP contribution is 2.44. The van der Waals surface area contributed by atoms with Crippen LogP contribution in [-0.2, 0) is 12.8 Å². The fourth-order valence-electron chi connectivity index (χ4n) is 2.33. The molecular weight excluding hydrogens is 246 g/mol. The van der Waals surface area contributed by atoms with Gasteiger partial charge in [-0.15, -0.1) is 11.8 Å². The van der Waals surface area contributed by atoms with Crippen LogP contribution >= 0.6 is 11.8 Å². The Morgan fingerprint density at radius 1 is 1.50 bits per heavy atom. The Morgan fingerprint density at radius 3 is 2.89 bits per heavy atom. The van der Waals surface area contributed by atoms with E-state index in [4.69, 9.17) is 15.2 Å². The average molecular weight is 267 g/mol. The first-order valence-electron chi connectivity index (χ1n) is 6.39. The Labute approximate surface area is 113 Å². The highest BCUT2D eigenvalue weighted by molar-refractivity contribution is 8.00. The highest BCUT2D eigenvalue weighted by atomic mass is 32.2. The summed E-state index contributed by atoms with van der Waals surface area (Å²) in [5.41, 5.74) is 8.21. The molecule has 0 saturated heterocycles. The van der Waals surface area contributed by atoms with E-state index in [0.29, 0.717) is 11.8 Å². The number of nitrogens with two attached hydrogens (primary N) is 1. The van der Waals surface area contributed by atoms with Crippen LogP contribution in [0.3, 0.4) is 0 Å². The van der Waals surface area contributed by atoms with Gasteiger partial charge >= 0.3 is 0 Å². The molecule has 0 radical (unpaired) electrons. The van der Waals surface area contributed by atoms with Crippen molar-refractivity contribution in [3.05, 3.63) is 17.2 Å². The summed E-state index contributed by atoms with van der Waals surface area (Å²) in [7, 11) is 1.72. The summed E-state index contributed by atoms with van der Waals surface area (Å²) in [6.45, 7) is 5.78. The van der Waals surface area contributed by atoms with E-state index in [0.717, 1.165) is 30.9 Å². The van der Waals surface area contributed by atoms with E-state index in [1.54, 1.807) is 7.11 Å². The third-order valence-electron chi connectivity index (χ3n) is 3.00. The minimum atomic E-state index is 0.531. The van der Waals surface area contributed by atoms with Gasteiger partial charge in [0.15, 0.2) is 0 Å². The molecule has 0 aromatic heterocycles. The predicted octanol–water partition coefficient (Wildman–Crippen LogP) is 2.63. The van der Waals surface area contributed by atoms with Crippen LogP contribution in [0.4, 0.5) is 0 Å². The van der Waals surface area contributed by atoms with Crippen molar-refractivity contribution in [3.63, 3.8) is 0 Å². The lowest BCUT2D eigenvalue weighted by Crippen LogP contribution is -2.07. The second kappa shape index (κ2) is 5.85. The van der Waals surface area contributed by atoms with Crippen molar-refractivity contribution >= 4 is 11.8 Å². The van der Waals surface area contributed by atoms with Crippen LogP contribution in [0.25, 0.3) is 0 Å². The summed E-state index contributed by atoms with van der Waals surface area (Å²) in [4.78, 5) is 1.19. The number of thioether (sulfide) groups is 1. The Morgan fingerprint density at radius 2 is 2.28 bits per heavy atom. The van der Waals surface area contributed by atoms with Gasteiger partial charge in [0.05, 0.1) is 18.6 Å². The monoisotopic (exact) mass is 267 g/mol. The van der Waals surface area contributed by atoms with Crippen molar-refractivity contribution in [1.29, 1.82) is 0 Å². The second-order valence-electron chi connectivity index (χ2n) is 4.67. The third-order valence-corrected chi connectivity index (χ3v) is 4.03. The zero-order valence-electron chi connectivity index (χ0n) is 11.3. The van der Waals surface area contributed by atoms with Crippen LogP contribution < -0.4 is 15.2 Å². The topological polar surface area (TPSA) is 44.5 Å². The Kier molecular flexibility index (Phi) is 4.40. The Balaban J connectivity index is 2.48. The van der Waals surface area contributed by atoms with Gasteiger partial charge in [0.2, 0.25) is 0 Å². The molecule has 18 heavy (non-hydrogen) atoms. The first kappa shape index (κ1) is 13.6. The lowest BCUT2D eigenvalue weighted by molar-refractivity contribution is 0.348. The SMILES string of the molecule is COc1cc(SC(C)C)c2c(c1CCN)CCO2. The largest absolute Gasteiger partial charge is 0.496 e. The summed E-state index contributed by atoms with van der Waals surface area (Å²) in [5.74, 6) is 2.01. The van der Waals surface area contributed by atoms with Gasteiger partial charge < -0.3 is 15.2 Å². The number of hydrogen-bond acceptors (Lipinski definition) is 4. The molecule has 0 bridgehead atoms. The van der Waals surface area contributed by atoms with E-state index < -0.39 is 0 Å². The molecule has 1 aromatic carbocycles. The van der Waals surface area contributed by atoms with Crippen LogP contribution in [0.15, 0.2) is 11.0 Å². The average Bonchev–Trinajstić information content (AvgIpc) is 2.80. The molecule has 4 heteroatoms. The van der Waals surface area contributed by atoms with Crippen molar-refractivity contribution in [2.75, 3.05) is 20.3 Å². The van der Waals surface area contributed by atoms with Crippen molar-refractivity contribution in [1.82, 2.24) is 0 Å². The molecule has 0 fully saturated rings. The molecule has 0 unspecified atom stereocenters. The molecule has 2 N–H and O–H groups in total. The molecular formula is C14H21NO2S. The number of ether oxygens (including phenoxy) is 2. The van der Waals surface area contributed by atoms with E-state index in [1.807, 2.05) is 11.8 Å². The number of rotatable bonds is 5. The van der Waals surface area contributed by atoms with E-state index in [2.05, 4.69) is 19.9 Å². The van der Waals surface area contributed by atoms with Crippen LogP contribution in [0, 0.1) is 0 Å². The highest BCUT2D eigenvalue weighted by Gasteiger charge is 2.24. The number of hydrogen-bond donors (Lipinski definition) is 1. The van der Waals surface area contributed by atoms with E-state index in [9.17, 15) is 0 Å². The Hall–Kier alpha value is -0.870. The van der Waals surface area contributed by atoms with Gasteiger partial charge in [-0.25, -0.2) is 0 Å². The van der Waals surface area contributed by atoms with Gasteiger partial charge in [0.25, 0.3) is 0 Å². The molecule has 0 amide bonds. The minimum Gasteiger partial charge on any atom is -0.496 e. The van der Waals surface area contributed by atoms with Gasteiger partial charge in [-0.1, -0.05) is 13.8 Å². The summed E-state index contributed by atoms with van der Waals surface area (Å²) >= 11 is 1.82. The van der Waals surface area contributed by atoms with Crippen LogP contribution in [0.5, 0.6) is 11.5 Å². The van der Waals surface area contributed by atoms with Crippen LogP contribution in [-0.4, -0.2) is 25.5 Å².